The first-order valence-electron chi connectivity index (χ1n) is 13.7. The van der Waals surface area contributed by atoms with Gasteiger partial charge in [-0.1, -0.05) is 79.7 Å². The monoisotopic (exact) mass is 523 g/mol. The largest absolute Gasteiger partial charge is 0.496 e. The smallest absolute Gasteiger partial charge is 0.306 e. The Morgan fingerprint density at radius 2 is 1.59 bits per heavy atom. The summed E-state index contributed by atoms with van der Waals surface area (Å²) in [5.41, 5.74) is 5.56. The van der Waals surface area contributed by atoms with Gasteiger partial charge in [0.25, 0.3) is 0 Å². The minimum atomic E-state index is -0.785. The van der Waals surface area contributed by atoms with Gasteiger partial charge in [-0.2, -0.15) is 0 Å². The molecule has 1 aliphatic heterocycles. The molecule has 4 aromatic carbocycles. The van der Waals surface area contributed by atoms with E-state index in [1.54, 1.807) is 21.1 Å². The fourth-order valence-electron chi connectivity index (χ4n) is 5.97. The van der Waals surface area contributed by atoms with E-state index in [0.29, 0.717) is 12.3 Å². The molecule has 1 atom stereocenters. The highest BCUT2D eigenvalue weighted by Crippen LogP contribution is 2.44. The van der Waals surface area contributed by atoms with Gasteiger partial charge in [-0.3, -0.25) is 9.69 Å². The van der Waals surface area contributed by atoms with Crippen LogP contribution in [-0.2, 0) is 17.8 Å². The Hall–Kier alpha value is -3.83. The van der Waals surface area contributed by atoms with Crippen molar-refractivity contribution >= 4 is 16.7 Å². The Bertz CT molecular complexity index is 1440. The molecule has 1 saturated heterocycles. The summed E-state index contributed by atoms with van der Waals surface area (Å²) in [7, 11) is 3.42. The molecule has 0 bridgehead atoms. The lowest BCUT2D eigenvalue weighted by Crippen LogP contribution is -2.32. The number of fused-ring (bicyclic) bond motifs is 1. The van der Waals surface area contributed by atoms with Crippen LogP contribution in [0.2, 0.25) is 0 Å². The van der Waals surface area contributed by atoms with Gasteiger partial charge in [0.05, 0.1) is 25.7 Å². The number of aliphatic carboxylic acids is 1. The van der Waals surface area contributed by atoms with Gasteiger partial charge in [0.2, 0.25) is 0 Å². The topological polar surface area (TPSA) is 59.0 Å². The molecule has 1 unspecified atom stereocenters. The third kappa shape index (κ3) is 5.64. The number of ether oxygens (including phenoxy) is 2. The molecule has 5 nitrogen and oxygen atoms in total. The van der Waals surface area contributed by atoms with Crippen LogP contribution in [0, 0.1) is 5.92 Å². The van der Waals surface area contributed by atoms with Gasteiger partial charge in [0.15, 0.2) is 0 Å². The SMILES string of the molecule is COc1ccc(CN2CCC(c3ccccc3)CC2)c(OC)c1-c1cccc2c(CC(C)C(=O)O)cccc12. The quantitative estimate of drug-likeness (QED) is 0.252. The Kier molecular flexibility index (Phi) is 8.18. The van der Waals surface area contributed by atoms with Crippen LogP contribution in [0.25, 0.3) is 21.9 Å². The van der Waals surface area contributed by atoms with Crippen LogP contribution >= 0.6 is 0 Å². The average molecular weight is 524 g/mol. The predicted molar refractivity (Wildman–Crippen MR) is 157 cm³/mol. The number of nitrogens with zero attached hydrogens (tertiary/aromatic N) is 1. The van der Waals surface area contributed by atoms with E-state index in [2.05, 4.69) is 59.5 Å². The maximum Gasteiger partial charge on any atom is 0.306 e. The molecule has 0 spiro atoms. The second-order valence-corrected chi connectivity index (χ2v) is 10.6. The van der Waals surface area contributed by atoms with E-state index in [0.717, 1.165) is 77.0 Å². The van der Waals surface area contributed by atoms with Crippen LogP contribution in [0.15, 0.2) is 78.9 Å². The van der Waals surface area contributed by atoms with E-state index in [-0.39, 0.29) is 0 Å². The van der Waals surface area contributed by atoms with Gasteiger partial charge in [0, 0.05) is 12.1 Å². The van der Waals surface area contributed by atoms with Crippen molar-refractivity contribution in [2.24, 2.45) is 5.92 Å². The van der Waals surface area contributed by atoms with Gasteiger partial charge in [-0.15, -0.1) is 0 Å². The van der Waals surface area contributed by atoms with Gasteiger partial charge in [-0.25, -0.2) is 0 Å². The number of piperidine rings is 1. The normalized spacial score (nSPS) is 15.3. The summed E-state index contributed by atoms with van der Waals surface area (Å²) in [6.07, 6.45) is 2.77. The molecule has 0 amide bonds. The lowest BCUT2D eigenvalue weighted by atomic mass is 9.89. The number of carboxylic acid groups (broad SMARTS) is 1. The molecule has 5 heteroatoms. The Balaban J connectivity index is 1.48. The molecule has 0 saturated carbocycles. The number of carboxylic acids is 1. The fourth-order valence-corrected chi connectivity index (χ4v) is 5.97. The standard InChI is InChI=1S/C34H37NO4/c1-23(34(36)37)21-26-11-7-13-29-28(26)12-8-14-30(29)32-31(38-2)16-15-27(33(32)39-3)22-35-19-17-25(18-20-35)24-9-5-4-6-10-24/h4-16,23,25H,17-22H2,1-3H3,(H,36,37). The first-order chi connectivity index (χ1) is 19.0. The van der Waals surface area contributed by atoms with Crippen LogP contribution in [0.1, 0.15) is 42.4 Å². The molecule has 0 aromatic heterocycles. The second-order valence-electron chi connectivity index (χ2n) is 10.6. The predicted octanol–water partition coefficient (Wildman–Crippen LogP) is 7.17. The lowest BCUT2D eigenvalue weighted by Gasteiger charge is -2.32. The molecule has 1 aliphatic rings. The summed E-state index contributed by atoms with van der Waals surface area (Å²) >= 11 is 0. The van der Waals surface area contributed by atoms with Crippen LogP contribution in [0.5, 0.6) is 11.5 Å². The van der Waals surface area contributed by atoms with E-state index in [9.17, 15) is 9.90 Å². The number of carbonyl (C=O) groups is 1. The van der Waals surface area contributed by atoms with E-state index >= 15 is 0 Å². The zero-order chi connectivity index (χ0) is 27.4. The highest BCUT2D eigenvalue weighted by molar-refractivity contribution is 6.01. The molecular formula is C34H37NO4. The van der Waals surface area contributed by atoms with Gasteiger partial charge < -0.3 is 14.6 Å². The van der Waals surface area contributed by atoms with E-state index in [4.69, 9.17) is 9.47 Å². The third-order valence-electron chi connectivity index (χ3n) is 8.11. The van der Waals surface area contributed by atoms with Gasteiger partial charge in [-0.05, 0) is 71.8 Å². The third-order valence-corrected chi connectivity index (χ3v) is 8.11. The van der Waals surface area contributed by atoms with Crippen LogP contribution in [0.4, 0.5) is 0 Å². The summed E-state index contributed by atoms with van der Waals surface area (Å²) in [6, 6.07) is 27.3. The first-order valence-corrected chi connectivity index (χ1v) is 13.7. The molecule has 1 fully saturated rings. The van der Waals surface area contributed by atoms with E-state index in [1.165, 1.54) is 5.56 Å². The first kappa shape index (κ1) is 26.8. The summed E-state index contributed by atoms with van der Waals surface area (Å²) in [5, 5.41) is 11.6. The highest BCUT2D eigenvalue weighted by Gasteiger charge is 2.24. The number of hydrogen-bond acceptors (Lipinski definition) is 4. The fraction of sp³-hybridized carbons (Fsp3) is 0.324. The number of likely N-dealkylation sites (tertiary alicyclic amines) is 1. The van der Waals surface area contributed by atoms with E-state index in [1.807, 2.05) is 24.3 Å². The zero-order valence-corrected chi connectivity index (χ0v) is 23.0. The molecule has 0 aliphatic carbocycles. The molecule has 1 N–H and O–H groups in total. The lowest BCUT2D eigenvalue weighted by molar-refractivity contribution is -0.141. The molecule has 39 heavy (non-hydrogen) atoms. The summed E-state index contributed by atoms with van der Waals surface area (Å²) in [6.45, 7) is 4.66. The summed E-state index contributed by atoms with van der Waals surface area (Å²) in [4.78, 5) is 14.1. The molecule has 0 radical (unpaired) electrons. The Morgan fingerprint density at radius 3 is 2.28 bits per heavy atom. The number of rotatable bonds is 9. The molecular weight excluding hydrogens is 486 g/mol. The van der Waals surface area contributed by atoms with Crippen molar-refractivity contribution in [3.05, 3.63) is 95.6 Å². The number of benzene rings is 4. The highest BCUT2D eigenvalue weighted by atomic mass is 16.5. The summed E-state index contributed by atoms with van der Waals surface area (Å²) < 4.78 is 12.0. The van der Waals surface area contributed by atoms with Crippen molar-refractivity contribution in [1.82, 2.24) is 4.90 Å². The molecule has 1 heterocycles. The van der Waals surface area contributed by atoms with Crippen molar-refractivity contribution in [1.29, 1.82) is 0 Å². The van der Waals surface area contributed by atoms with Crippen LogP contribution < -0.4 is 9.47 Å². The van der Waals surface area contributed by atoms with Crippen LogP contribution in [-0.4, -0.2) is 43.3 Å². The molecule has 202 valence electrons. The van der Waals surface area contributed by atoms with Crippen molar-refractivity contribution in [3.63, 3.8) is 0 Å². The Labute approximate surface area is 231 Å². The van der Waals surface area contributed by atoms with Crippen LogP contribution in [0.3, 0.4) is 0 Å². The Morgan fingerprint density at radius 1 is 0.872 bits per heavy atom. The number of hydrogen-bond donors (Lipinski definition) is 1. The van der Waals surface area contributed by atoms with Crippen molar-refractivity contribution in [2.75, 3.05) is 27.3 Å². The second kappa shape index (κ2) is 11.9. The zero-order valence-electron chi connectivity index (χ0n) is 23.0. The van der Waals surface area contributed by atoms with Crippen molar-refractivity contribution in [2.45, 2.75) is 38.6 Å². The van der Waals surface area contributed by atoms with Crippen molar-refractivity contribution in [3.8, 4) is 22.6 Å². The maximum atomic E-state index is 11.5. The molecule has 5 rings (SSSR count). The van der Waals surface area contributed by atoms with E-state index < -0.39 is 11.9 Å². The summed E-state index contributed by atoms with van der Waals surface area (Å²) in [5.74, 6) is 0.959. The maximum absolute atomic E-state index is 11.5. The average Bonchev–Trinajstić information content (AvgIpc) is 2.97. The number of methoxy groups -OCH3 is 2. The minimum Gasteiger partial charge on any atom is -0.496 e. The van der Waals surface area contributed by atoms with Gasteiger partial charge >= 0.3 is 5.97 Å². The van der Waals surface area contributed by atoms with Gasteiger partial charge in [0.1, 0.15) is 11.5 Å². The minimum absolute atomic E-state index is 0.460. The van der Waals surface area contributed by atoms with Crippen molar-refractivity contribution < 1.29 is 19.4 Å². The molecule has 4 aromatic rings.